The maximum Gasteiger partial charge on any atom is 0.258 e. The lowest BCUT2D eigenvalue weighted by atomic mass is 9.78. The van der Waals surface area contributed by atoms with E-state index in [2.05, 4.69) is 35.2 Å². The van der Waals surface area contributed by atoms with Gasteiger partial charge in [0.25, 0.3) is 5.91 Å². The first-order valence-electron chi connectivity index (χ1n) is 13.1. The summed E-state index contributed by atoms with van der Waals surface area (Å²) in [7, 11) is 0. The van der Waals surface area contributed by atoms with E-state index in [1.165, 1.54) is 31.2 Å². The smallest absolute Gasteiger partial charge is 0.258 e. The third-order valence-corrected chi connectivity index (χ3v) is 8.24. The maximum absolute atomic E-state index is 13.8. The van der Waals surface area contributed by atoms with Crippen molar-refractivity contribution in [2.45, 2.75) is 63.5 Å². The molecular formula is C31H35ClN2O. The van der Waals surface area contributed by atoms with Crippen molar-refractivity contribution in [3.05, 3.63) is 101 Å². The number of halogens is 1. The second-order valence-electron chi connectivity index (χ2n) is 10.1. The van der Waals surface area contributed by atoms with Crippen molar-refractivity contribution in [1.29, 1.82) is 0 Å². The molecule has 0 aromatic heterocycles. The molecule has 4 heteroatoms. The largest absolute Gasteiger partial charge is 0.305 e. The van der Waals surface area contributed by atoms with Crippen LogP contribution in [-0.4, -0.2) is 36.0 Å². The van der Waals surface area contributed by atoms with Gasteiger partial charge in [0.15, 0.2) is 0 Å². The maximum atomic E-state index is 13.8. The zero-order valence-corrected chi connectivity index (χ0v) is 21.3. The Kier molecular flexibility index (Phi) is 7.55. The zero-order chi connectivity index (χ0) is 24.2. The fourth-order valence-corrected chi connectivity index (χ4v) is 6.28. The first-order valence-corrected chi connectivity index (χ1v) is 13.4. The summed E-state index contributed by atoms with van der Waals surface area (Å²) < 4.78 is 0. The molecular weight excluding hydrogens is 452 g/mol. The molecule has 182 valence electrons. The van der Waals surface area contributed by atoms with E-state index >= 15 is 0 Å². The highest BCUT2D eigenvalue weighted by atomic mass is 35.5. The van der Waals surface area contributed by atoms with Gasteiger partial charge in [-0.3, -0.25) is 9.69 Å². The van der Waals surface area contributed by atoms with Gasteiger partial charge in [0.2, 0.25) is 0 Å². The molecule has 0 spiro atoms. The molecule has 0 bridgehead atoms. The van der Waals surface area contributed by atoms with Gasteiger partial charge in [0, 0.05) is 41.4 Å². The van der Waals surface area contributed by atoms with Gasteiger partial charge in [-0.15, -0.1) is 0 Å². The SMILES string of the molecule is Cc1ccccc1C(=O)N(c1ccc(Cl)cc1)C1CCN([C@@H]2CCCC[C@@H]2c2ccccc2)CC1. The van der Waals surface area contributed by atoms with Crippen LogP contribution in [0.25, 0.3) is 0 Å². The summed E-state index contributed by atoms with van der Waals surface area (Å²) in [6, 6.07) is 27.5. The summed E-state index contributed by atoms with van der Waals surface area (Å²) >= 11 is 6.18. The van der Waals surface area contributed by atoms with Crippen LogP contribution in [0.15, 0.2) is 78.9 Å². The first-order chi connectivity index (χ1) is 17.1. The number of benzene rings is 3. The van der Waals surface area contributed by atoms with Crippen LogP contribution in [-0.2, 0) is 0 Å². The second-order valence-corrected chi connectivity index (χ2v) is 10.5. The molecule has 3 nitrogen and oxygen atoms in total. The van der Waals surface area contributed by atoms with Crippen molar-refractivity contribution in [2.75, 3.05) is 18.0 Å². The molecule has 0 unspecified atom stereocenters. The molecule has 3 aromatic carbocycles. The topological polar surface area (TPSA) is 23.6 Å². The molecule has 5 rings (SSSR count). The van der Waals surface area contributed by atoms with E-state index in [1.54, 1.807) is 0 Å². The van der Waals surface area contributed by atoms with E-state index in [9.17, 15) is 4.79 Å². The predicted molar refractivity (Wildman–Crippen MR) is 145 cm³/mol. The molecule has 0 N–H and O–H groups in total. The third-order valence-electron chi connectivity index (χ3n) is 7.99. The number of hydrogen-bond acceptors (Lipinski definition) is 2. The molecule has 1 aliphatic heterocycles. The Morgan fingerprint density at radius 1 is 0.829 bits per heavy atom. The lowest BCUT2D eigenvalue weighted by Crippen LogP contribution is -2.51. The zero-order valence-electron chi connectivity index (χ0n) is 20.6. The Labute approximate surface area is 214 Å². The minimum Gasteiger partial charge on any atom is -0.305 e. The van der Waals surface area contributed by atoms with Crippen LogP contribution in [0.1, 0.15) is 65.9 Å². The number of piperidine rings is 1. The van der Waals surface area contributed by atoms with E-state index in [1.807, 2.05) is 60.4 Å². The van der Waals surface area contributed by atoms with Gasteiger partial charge < -0.3 is 4.90 Å². The molecule has 35 heavy (non-hydrogen) atoms. The Morgan fingerprint density at radius 3 is 2.20 bits per heavy atom. The minimum atomic E-state index is 0.0868. The van der Waals surface area contributed by atoms with Crippen molar-refractivity contribution in [2.24, 2.45) is 0 Å². The summed E-state index contributed by atoms with van der Waals surface area (Å²) in [5.74, 6) is 0.700. The standard InChI is InChI=1S/C31H35ClN2O/c1-23-9-5-6-12-28(23)31(35)34(26-17-15-25(32)16-18-26)27-19-21-33(22-20-27)30-14-8-7-13-29(30)24-10-3-2-4-11-24/h2-6,9-12,15-18,27,29-30H,7-8,13-14,19-22H2,1H3/t29-,30-/m1/s1. The number of nitrogens with zero attached hydrogens (tertiary/aromatic N) is 2. The average Bonchev–Trinajstić information content (AvgIpc) is 2.91. The summed E-state index contributed by atoms with van der Waals surface area (Å²) in [5.41, 5.74) is 4.21. The van der Waals surface area contributed by atoms with Crippen molar-refractivity contribution in [3.8, 4) is 0 Å². The highest BCUT2D eigenvalue weighted by Crippen LogP contribution is 2.38. The van der Waals surface area contributed by atoms with E-state index < -0.39 is 0 Å². The number of likely N-dealkylation sites (tertiary alicyclic amines) is 1. The van der Waals surface area contributed by atoms with Gasteiger partial charge in [-0.25, -0.2) is 0 Å². The molecule has 1 saturated heterocycles. The number of rotatable bonds is 5. The highest BCUT2D eigenvalue weighted by Gasteiger charge is 2.36. The molecule has 1 amide bonds. The van der Waals surface area contributed by atoms with Crippen molar-refractivity contribution < 1.29 is 4.79 Å². The number of anilines is 1. The number of carbonyl (C=O) groups excluding carboxylic acids is 1. The number of amides is 1. The Hall–Kier alpha value is -2.62. The average molecular weight is 487 g/mol. The fourth-order valence-electron chi connectivity index (χ4n) is 6.15. The van der Waals surface area contributed by atoms with Gasteiger partial charge in [-0.05, 0) is 80.0 Å². The van der Waals surface area contributed by atoms with Crippen LogP contribution in [0.4, 0.5) is 5.69 Å². The molecule has 1 heterocycles. The van der Waals surface area contributed by atoms with Crippen molar-refractivity contribution >= 4 is 23.2 Å². The molecule has 0 radical (unpaired) electrons. The first kappa shape index (κ1) is 24.1. The minimum absolute atomic E-state index is 0.0868. The Morgan fingerprint density at radius 2 is 1.49 bits per heavy atom. The lowest BCUT2D eigenvalue weighted by molar-refractivity contribution is 0.0894. The van der Waals surface area contributed by atoms with Gasteiger partial charge >= 0.3 is 0 Å². The summed E-state index contributed by atoms with van der Waals surface area (Å²) in [4.78, 5) is 18.6. The Bertz CT molecular complexity index is 1120. The number of carbonyl (C=O) groups is 1. The van der Waals surface area contributed by atoms with Crippen LogP contribution in [0.5, 0.6) is 0 Å². The Balaban J connectivity index is 1.36. The molecule has 1 saturated carbocycles. The van der Waals surface area contributed by atoms with Gasteiger partial charge in [0.05, 0.1) is 0 Å². The van der Waals surface area contributed by atoms with Crippen LogP contribution in [0.2, 0.25) is 5.02 Å². The molecule has 2 aliphatic rings. The summed E-state index contributed by atoms with van der Waals surface area (Å²) in [6.45, 7) is 4.08. The van der Waals surface area contributed by atoms with Crippen LogP contribution in [0, 0.1) is 6.92 Å². The molecule has 1 aliphatic carbocycles. The van der Waals surface area contributed by atoms with E-state index in [0.29, 0.717) is 17.0 Å². The van der Waals surface area contributed by atoms with Gasteiger partial charge in [-0.1, -0.05) is 73.0 Å². The summed E-state index contributed by atoms with van der Waals surface area (Å²) in [6.07, 6.45) is 7.15. The lowest BCUT2D eigenvalue weighted by Gasteiger charge is -2.45. The van der Waals surface area contributed by atoms with Crippen LogP contribution < -0.4 is 4.90 Å². The predicted octanol–water partition coefficient (Wildman–Crippen LogP) is 7.49. The third kappa shape index (κ3) is 5.32. The second kappa shape index (κ2) is 11.0. The highest BCUT2D eigenvalue weighted by molar-refractivity contribution is 6.30. The van der Waals surface area contributed by atoms with Crippen molar-refractivity contribution in [3.63, 3.8) is 0 Å². The summed E-state index contributed by atoms with van der Waals surface area (Å²) in [5, 5.41) is 0.691. The van der Waals surface area contributed by atoms with Gasteiger partial charge in [-0.2, -0.15) is 0 Å². The quantitative estimate of drug-likeness (QED) is 0.373. The normalized spacial score (nSPS) is 21.5. The number of hydrogen-bond donors (Lipinski definition) is 0. The van der Waals surface area contributed by atoms with Crippen LogP contribution in [0.3, 0.4) is 0 Å². The molecule has 2 fully saturated rings. The van der Waals surface area contributed by atoms with Crippen LogP contribution >= 0.6 is 11.6 Å². The monoisotopic (exact) mass is 486 g/mol. The molecule has 2 atom stereocenters. The fraction of sp³-hybridized carbons (Fsp3) is 0.387. The van der Waals surface area contributed by atoms with E-state index in [-0.39, 0.29) is 11.9 Å². The van der Waals surface area contributed by atoms with Crippen molar-refractivity contribution in [1.82, 2.24) is 4.90 Å². The van der Waals surface area contributed by atoms with E-state index in [4.69, 9.17) is 11.6 Å². The van der Waals surface area contributed by atoms with Gasteiger partial charge in [0.1, 0.15) is 0 Å². The molecule has 3 aromatic rings. The van der Waals surface area contributed by atoms with E-state index in [0.717, 1.165) is 42.7 Å². The number of aryl methyl sites for hydroxylation is 1.